The van der Waals surface area contributed by atoms with Gasteiger partial charge in [0.15, 0.2) is 5.43 Å². The normalized spacial score (nSPS) is 10.6. The zero-order valence-electron chi connectivity index (χ0n) is 11.7. The fourth-order valence-corrected chi connectivity index (χ4v) is 4.11. The average molecular weight is 374 g/mol. The first-order valence-electron chi connectivity index (χ1n) is 6.65. The number of hydrogen-bond donors (Lipinski definition) is 1. The molecule has 2 aromatic carbocycles. The Kier molecular flexibility index (Phi) is 4.09. The Morgan fingerprint density at radius 3 is 2.55 bits per heavy atom. The quantitative estimate of drug-likeness (QED) is 0.710. The SMILES string of the molecule is CC(=O)Nc1ccc2sc(-c3ccccc3)cc(=O)c2c1Br. The maximum absolute atomic E-state index is 12.5. The molecule has 1 aromatic heterocycles. The van der Waals surface area contributed by atoms with E-state index in [0.717, 1.165) is 15.1 Å². The third kappa shape index (κ3) is 2.82. The molecule has 0 saturated carbocycles. The van der Waals surface area contributed by atoms with Crippen molar-refractivity contribution in [2.45, 2.75) is 6.92 Å². The first-order chi connectivity index (χ1) is 10.6. The average Bonchev–Trinajstić information content (AvgIpc) is 2.50. The molecular formula is C17H12BrNO2S. The second-order valence-electron chi connectivity index (χ2n) is 4.82. The summed E-state index contributed by atoms with van der Waals surface area (Å²) in [5.41, 5.74) is 1.57. The Bertz CT molecular complexity index is 919. The number of carbonyl (C=O) groups excluding carboxylic acids is 1. The van der Waals surface area contributed by atoms with Crippen molar-refractivity contribution < 1.29 is 4.79 Å². The summed E-state index contributed by atoms with van der Waals surface area (Å²) >= 11 is 4.99. The number of carbonyl (C=O) groups is 1. The highest BCUT2D eigenvalue weighted by molar-refractivity contribution is 9.10. The van der Waals surface area contributed by atoms with E-state index in [9.17, 15) is 9.59 Å². The van der Waals surface area contributed by atoms with Crippen molar-refractivity contribution in [3.63, 3.8) is 0 Å². The Morgan fingerprint density at radius 1 is 1.14 bits per heavy atom. The van der Waals surface area contributed by atoms with Gasteiger partial charge in [-0.3, -0.25) is 9.59 Å². The Hall–Kier alpha value is -1.98. The molecule has 1 N–H and O–H groups in total. The minimum absolute atomic E-state index is 0.0633. The Labute approximate surface area is 139 Å². The fraction of sp³-hybridized carbons (Fsp3) is 0.0588. The van der Waals surface area contributed by atoms with Crippen LogP contribution < -0.4 is 10.7 Å². The van der Waals surface area contributed by atoms with Crippen molar-refractivity contribution in [3.8, 4) is 10.4 Å². The lowest BCUT2D eigenvalue weighted by molar-refractivity contribution is -0.114. The van der Waals surface area contributed by atoms with Crippen LogP contribution in [0.2, 0.25) is 0 Å². The summed E-state index contributed by atoms with van der Waals surface area (Å²) in [6, 6.07) is 15.1. The molecule has 0 fully saturated rings. The van der Waals surface area contributed by atoms with Gasteiger partial charge in [0.05, 0.1) is 15.5 Å². The van der Waals surface area contributed by atoms with Crippen molar-refractivity contribution in [1.82, 2.24) is 0 Å². The van der Waals surface area contributed by atoms with E-state index in [4.69, 9.17) is 0 Å². The molecule has 0 unspecified atom stereocenters. The van der Waals surface area contributed by atoms with E-state index in [-0.39, 0.29) is 11.3 Å². The summed E-state index contributed by atoms with van der Waals surface area (Å²) in [7, 11) is 0. The zero-order chi connectivity index (χ0) is 15.7. The lowest BCUT2D eigenvalue weighted by Gasteiger charge is -2.09. The van der Waals surface area contributed by atoms with Gasteiger partial charge in [-0.15, -0.1) is 11.3 Å². The van der Waals surface area contributed by atoms with Gasteiger partial charge < -0.3 is 5.32 Å². The maximum atomic E-state index is 12.5. The van der Waals surface area contributed by atoms with Gasteiger partial charge >= 0.3 is 0 Å². The van der Waals surface area contributed by atoms with Crippen molar-refractivity contribution in [2.75, 3.05) is 5.32 Å². The minimum Gasteiger partial charge on any atom is -0.325 e. The number of rotatable bonds is 2. The van der Waals surface area contributed by atoms with Gasteiger partial charge in [0.2, 0.25) is 5.91 Å². The molecule has 3 rings (SSSR count). The summed E-state index contributed by atoms with van der Waals surface area (Å²) in [5.74, 6) is -0.169. The van der Waals surface area contributed by atoms with Gasteiger partial charge in [-0.05, 0) is 33.6 Å². The number of anilines is 1. The number of halogens is 1. The highest BCUT2D eigenvalue weighted by Gasteiger charge is 2.12. The monoisotopic (exact) mass is 373 g/mol. The molecule has 0 saturated heterocycles. The number of amides is 1. The molecule has 1 heterocycles. The van der Waals surface area contributed by atoms with E-state index < -0.39 is 0 Å². The van der Waals surface area contributed by atoms with Crippen molar-refractivity contribution in [1.29, 1.82) is 0 Å². The van der Waals surface area contributed by atoms with Crippen molar-refractivity contribution in [3.05, 3.63) is 63.2 Å². The van der Waals surface area contributed by atoms with Crippen LogP contribution in [0.4, 0.5) is 5.69 Å². The predicted molar refractivity (Wildman–Crippen MR) is 95.5 cm³/mol. The molecule has 0 aliphatic carbocycles. The van der Waals surface area contributed by atoms with E-state index in [1.165, 1.54) is 6.92 Å². The van der Waals surface area contributed by atoms with Crippen LogP contribution in [-0.4, -0.2) is 5.91 Å². The van der Waals surface area contributed by atoms with Gasteiger partial charge in [-0.2, -0.15) is 0 Å². The highest BCUT2D eigenvalue weighted by Crippen LogP contribution is 2.34. The molecule has 3 nitrogen and oxygen atoms in total. The summed E-state index contributed by atoms with van der Waals surface area (Å²) in [5, 5.41) is 3.31. The number of nitrogens with one attached hydrogen (secondary N) is 1. The molecule has 22 heavy (non-hydrogen) atoms. The topological polar surface area (TPSA) is 46.2 Å². The lowest BCUT2D eigenvalue weighted by Crippen LogP contribution is -2.08. The van der Waals surface area contributed by atoms with Gasteiger partial charge in [0, 0.05) is 22.6 Å². The van der Waals surface area contributed by atoms with Crippen LogP contribution in [0.1, 0.15) is 6.92 Å². The third-order valence-electron chi connectivity index (χ3n) is 3.20. The minimum atomic E-state index is -0.169. The Morgan fingerprint density at radius 2 is 1.86 bits per heavy atom. The number of benzene rings is 2. The van der Waals surface area contributed by atoms with E-state index in [1.807, 2.05) is 36.4 Å². The van der Waals surface area contributed by atoms with Crippen molar-refractivity contribution in [2.24, 2.45) is 0 Å². The second kappa shape index (κ2) is 6.02. The molecule has 0 aliphatic heterocycles. The van der Waals surface area contributed by atoms with Crippen molar-refractivity contribution >= 4 is 48.9 Å². The van der Waals surface area contributed by atoms with Crippen LogP contribution in [0.25, 0.3) is 20.5 Å². The van der Waals surface area contributed by atoms with Gasteiger partial charge in [-0.25, -0.2) is 0 Å². The molecule has 0 spiro atoms. The van der Waals surface area contributed by atoms with E-state index in [2.05, 4.69) is 21.2 Å². The van der Waals surface area contributed by atoms with Crippen LogP contribution in [0.15, 0.2) is 57.8 Å². The van der Waals surface area contributed by atoms with Gasteiger partial charge in [0.1, 0.15) is 0 Å². The molecule has 110 valence electrons. The van der Waals surface area contributed by atoms with Crippen LogP contribution in [-0.2, 0) is 4.79 Å². The summed E-state index contributed by atoms with van der Waals surface area (Å²) in [6.45, 7) is 1.44. The molecule has 5 heteroatoms. The third-order valence-corrected chi connectivity index (χ3v) is 5.16. The molecule has 0 aliphatic rings. The molecule has 0 atom stereocenters. The Balaban J connectivity index is 2.21. The summed E-state index contributed by atoms with van der Waals surface area (Å²) < 4.78 is 1.51. The van der Waals surface area contributed by atoms with Crippen LogP contribution in [0.5, 0.6) is 0 Å². The van der Waals surface area contributed by atoms with Crippen LogP contribution >= 0.6 is 27.3 Å². The highest BCUT2D eigenvalue weighted by atomic mass is 79.9. The van der Waals surface area contributed by atoms with Gasteiger partial charge in [0.25, 0.3) is 0 Å². The predicted octanol–water partition coefficient (Wildman–Crippen LogP) is 4.65. The molecular weight excluding hydrogens is 362 g/mol. The van der Waals surface area contributed by atoms with Crippen LogP contribution in [0.3, 0.4) is 0 Å². The van der Waals surface area contributed by atoms with E-state index in [1.54, 1.807) is 23.5 Å². The maximum Gasteiger partial charge on any atom is 0.221 e. The standard InChI is InChI=1S/C17H12BrNO2S/c1-10(20)19-12-7-8-14-16(17(12)18)13(21)9-15(22-14)11-5-3-2-4-6-11/h2-9H,1H3,(H,19,20). The molecule has 0 bridgehead atoms. The summed E-state index contributed by atoms with van der Waals surface area (Å²) in [6.07, 6.45) is 0. The smallest absolute Gasteiger partial charge is 0.221 e. The second-order valence-corrected chi connectivity index (χ2v) is 6.70. The molecule has 0 radical (unpaired) electrons. The van der Waals surface area contributed by atoms with Crippen LogP contribution in [0, 0.1) is 0 Å². The largest absolute Gasteiger partial charge is 0.325 e. The van der Waals surface area contributed by atoms with Gasteiger partial charge in [-0.1, -0.05) is 30.3 Å². The fourth-order valence-electron chi connectivity index (χ4n) is 2.24. The lowest BCUT2D eigenvalue weighted by atomic mass is 10.1. The van der Waals surface area contributed by atoms with E-state index in [0.29, 0.717) is 15.5 Å². The number of hydrogen-bond acceptors (Lipinski definition) is 3. The zero-order valence-corrected chi connectivity index (χ0v) is 14.1. The van der Waals surface area contributed by atoms with E-state index >= 15 is 0 Å². The summed E-state index contributed by atoms with van der Waals surface area (Å²) in [4.78, 5) is 24.6. The first-order valence-corrected chi connectivity index (χ1v) is 8.26. The number of fused-ring (bicyclic) bond motifs is 1. The first kappa shape index (κ1) is 14.9. The molecule has 3 aromatic rings. The molecule has 1 amide bonds.